The lowest BCUT2D eigenvalue weighted by Crippen LogP contribution is -2.48. The minimum absolute atomic E-state index is 0.289. The van der Waals surface area contributed by atoms with E-state index in [1.54, 1.807) is 19.2 Å². The maximum Gasteiger partial charge on any atom is 0.280 e. The van der Waals surface area contributed by atoms with Crippen molar-refractivity contribution in [2.45, 2.75) is 39.3 Å². The second-order valence-electron chi connectivity index (χ2n) is 5.72. The average molecular weight is 285 g/mol. The molecule has 0 spiro atoms. The van der Waals surface area contributed by atoms with Gasteiger partial charge in [0.15, 0.2) is 0 Å². The first-order valence-electron chi connectivity index (χ1n) is 6.15. The van der Waals surface area contributed by atoms with Crippen molar-refractivity contribution in [3.05, 3.63) is 29.8 Å². The largest absolute Gasteiger partial charge is 0.399 e. The highest BCUT2D eigenvalue weighted by Crippen LogP contribution is 2.23. The standard InChI is InChI=1S/C13H23N3O2S/c1-10(11-7-6-8-12(14)9-11)16(5)19(17,18)15-13(2,3)4/h6-10,15H,14H2,1-5H3. The molecule has 0 saturated carbocycles. The summed E-state index contributed by atoms with van der Waals surface area (Å²) in [6, 6.07) is 6.96. The Balaban J connectivity index is 2.97. The van der Waals surface area contributed by atoms with Crippen LogP contribution >= 0.6 is 0 Å². The molecule has 0 radical (unpaired) electrons. The summed E-state index contributed by atoms with van der Waals surface area (Å²) in [6.45, 7) is 7.26. The summed E-state index contributed by atoms with van der Waals surface area (Å²) in [7, 11) is -1.98. The lowest BCUT2D eigenvalue weighted by atomic mass is 10.1. The van der Waals surface area contributed by atoms with E-state index in [0.29, 0.717) is 5.69 Å². The molecule has 108 valence electrons. The van der Waals surface area contributed by atoms with Crippen molar-refractivity contribution in [3.8, 4) is 0 Å². The van der Waals surface area contributed by atoms with E-state index in [2.05, 4.69) is 4.72 Å². The van der Waals surface area contributed by atoms with Gasteiger partial charge in [-0.05, 0) is 45.4 Å². The molecular formula is C13H23N3O2S. The van der Waals surface area contributed by atoms with Crippen LogP contribution in [0.15, 0.2) is 24.3 Å². The van der Waals surface area contributed by atoms with Gasteiger partial charge in [0.2, 0.25) is 0 Å². The van der Waals surface area contributed by atoms with Gasteiger partial charge in [0.05, 0.1) is 0 Å². The van der Waals surface area contributed by atoms with Crippen LogP contribution in [-0.2, 0) is 10.2 Å². The molecule has 0 aliphatic heterocycles. The van der Waals surface area contributed by atoms with Crippen LogP contribution in [0.25, 0.3) is 0 Å². The van der Waals surface area contributed by atoms with Crippen LogP contribution in [0.5, 0.6) is 0 Å². The van der Waals surface area contributed by atoms with Crippen molar-refractivity contribution in [2.75, 3.05) is 12.8 Å². The number of hydrogen-bond donors (Lipinski definition) is 2. The third-order valence-electron chi connectivity index (χ3n) is 2.75. The van der Waals surface area contributed by atoms with Crippen molar-refractivity contribution in [3.63, 3.8) is 0 Å². The molecule has 1 atom stereocenters. The molecule has 0 aromatic heterocycles. The van der Waals surface area contributed by atoms with E-state index in [-0.39, 0.29) is 6.04 Å². The summed E-state index contributed by atoms with van der Waals surface area (Å²) >= 11 is 0. The third-order valence-corrected chi connectivity index (χ3v) is 4.70. The first-order valence-corrected chi connectivity index (χ1v) is 7.59. The van der Waals surface area contributed by atoms with Crippen molar-refractivity contribution in [1.82, 2.24) is 9.03 Å². The predicted octanol–water partition coefficient (Wildman–Crippen LogP) is 1.89. The number of hydrogen-bond acceptors (Lipinski definition) is 3. The van der Waals surface area contributed by atoms with Gasteiger partial charge < -0.3 is 5.73 Å². The van der Waals surface area contributed by atoms with E-state index in [1.165, 1.54) is 4.31 Å². The zero-order chi connectivity index (χ0) is 14.8. The van der Waals surface area contributed by atoms with Crippen molar-refractivity contribution in [2.24, 2.45) is 0 Å². The molecule has 5 nitrogen and oxygen atoms in total. The Morgan fingerprint density at radius 2 is 1.89 bits per heavy atom. The summed E-state index contributed by atoms with van der Waals surface area (Å²) in [6.07, 6.45) is 0. The van der Waals surface area contributed by atoms with E-state index in [1.807, 2.05) is 39.8 Å². The first kappa shape index (κ1) is 15.9. The van der Waals surface area contributed by atoms with Crippen molar-refractivity contribution in [1.29, 1.82) is 0 Å². The Labute approximate surface area is 116 Å². The fraction of sp³-hybridized carbons (Fsp3) is 0.538. The highest BCUT2D eigenvalue weighted by molar-refractivity contribution is 7.87. The molecule has 1 aromatic carbocycles. The van der Waals surface area contributed by atoms with Gasteiger partial charge in [0, 0.05) is 24.3 Å². The summed E-state index contributed by atoms with van der Waals surface area (Å²) in [5.41, 5.74) is 6.70. The van der Waals surface area contributed by atoms with Crippen LogP contribution < -0.4 is 10.5 Å². The zero-order valence-corrected chi connectivity index (χ0v) is 13.0. The van der Waals surface area contributed by atoms with Gasteiger partial charge >= 0.3 is 0 Å². The van der Waals surface area contributed by atoms with Crippen LogP contribution in [0.1, 0.15) is 39.3 Å². The van der Waals surface area contributed by atoms with Gasteiger partial charge in [-0.1, -0.05) is 12.1 Å². The first-order chi connectivity index (χ1) is 8.53. The molecule has 6 heteroatoms. The summed E-state index contributed by atoms with van der Waals surface area (Å²) in [4.78, 5) is 0. The number of nitrogens with one attached hydrogen (secondary N) is 1. The average Bonchev–Trinajstić information content (AvgIpc) is 2.23. The van der Waals surface area contributed by atoms with E-state index in [9.17, 15) is 8.42 Å². The molecule has 1 aromatic rings. The van der Waals surface area contributed by atoms with Crippen LogP contribution in [0.3, 0.4) is 0 Å². The van der Waals surface area contributed by atoms with Gasteiger partial charge in [0.1, 0.15) is 0 Å². The third kappa shape index (κ3) is 4.49. The summed E-state index contributed by atoms with van der Waals surface area (Å²) < 4.78 is 28.4. The second kappa shape index (κ2) is 5.48. The second-order valence-corrected chi connectivity index (χ2v) is 7.45. The Morgan fingerprint density at radius 3 is 2.37 bits per heavy atom. The number of nitrogens with zero attached hydrogens (tertiary/aromatic N) is 1. The summed E-state index contributed by atoms with van der Waals surface area (Å²) in [5, 5.41) is 0. The number of rotatable bonds is 4. The highest BCUT2D eigenvalue weighted by atomic mass is 32.2. The Morgan fingerprint density at radius 1 is 1.32 bits per heavy atom. The van der Waals surface area contributed by atoms with E-state index < -0.39 is 15.7 Å². The van der Waals surface area contributed by atoms with Crippen molar-refractivity contribution < 1.29 is 8.42 Å². The van der Waals surface area contributed by atoms with Crippen LogP contribution in [0, 0.1) is 0 Å². The molecule has 0 saturated heterocycles. The maximum absolute atomic E-state index is 12.2. The monoisotopic (exact) mass is 285 g/mol. The molecule has 3 N–H and O–H groups in total. The topological polar surface area (TPSA) is 75.4 Å². The molecule has 0 heterocycles. The zero-order valence-electron chi connectivity index (χ0n) is 12.1. The summed E-state index contributed by atoms with van der Waals surface area (Å²) in [5.74, 6) is 0. The van der Waals surface area contributed by atoms with E-state index in [0.717, 1.165) is 5.56 Å². The Kier molecular flexibility index (Phi) is 4.60. The number of benzene rings is 1. The maximum atomic E-state index is 12.2. The SMILES string of the molecule is CC(c1cccc(N)c1)N(C)S(=O)(=O)NC(C)(C)C. The minimum atomic E-state index is -3.54. The molecule has 0 amide bonds. The number of nitrogen functional groups attached to an aromatic ring is 1. The van der Waals surface area contributed by atoms with Gasteiger partial charge in [-0.2, -0.15) is 17.4 Å². The fourth-order valence-electron chi connectivity index (χ4n) is 1.70. The molecule has 0 fully saturated rings. The van der Waals surface area contributed by atoms with Gasteiger partial charge in [-0.3, -0.25) is 0 Å². The molecule has 1 unspecified atom stereocenters. The molecule has 0 bridgehead atoms. The Hall–Kier alpha value is -1.11. The molecule has 0 aliphatic carbocycles. The normalized spacial score (nSPS) is 14.6. The smallest absolute Gasteiger partial charge is 0.280 e. The molecule has 1 rings (SSSR count). The molecule has 19 heavy (non-hydrogen) atoms. The van der Waals surface area contributed by atoms with Gasteiger partial charge in [0.25, 0.3) is 10.2 Å². The fourth-order valence-corrected chi connectivity index (χ4v) is 3.15. The predicted molar refractivity (Wildman–Crippen MR) is 78.8 cm³/mol. The lowest BCUT2D eigenvalue weighted by molar-refractivity contribution is 0.374. The van der Waals surface area contributed by atoms with Crippen LogP contribution in [0.2, 0.25) is 0 Å². The number of anilines is 1. The molecule has 0 aliphatic rings. The van der Waals surface area contributed by atoms with Gasteiger partial charge in [-0.25, -0.2) is 0 Å². The van der Waals surface area contributed by atoms with Crippen molar-refractivity contribution >= 4 is 15.9 Å². The van der Waals surface area contributed by atoms with Crippen LogP contribution in [0.4, 0.5) is 5.69 Å². The van der Waals surface area contributed by atoms with E-state index >= 15 is 0 Å². The van der Waals surface area contributed by atoms with E-state index in [4.69, 9.17) is 5.73 Å². The Bertz CT molecular complexity index is 535. The van der Waals surface area contributed by atoms with Crippen LogP contribution in [-0.4, -0.2) is 25.3 Å². The molecular weight excluding hydrogens is 262 g/mol. The quantitative estimate of drug-likeness (QED) is 0.830. The minimum Gasteiger partial charge on any atom is -0.399 e. The lowest BCUT2D eigenvalue weighted by Gasteiger charge is -2.29. The van der Waals surface area contributed by atoms with Gasteiger partial charge in [-0.15, -0.1) is 0 Å². The highest BCUT2D eigenvalue weighted by Gasteiger charge is 2.28. The number of nitrogens with two attached hydrogens (primary N) is 1.